The van der Waals surface area contributed by atoms with E-state index in [1.807, 2.05) is 0 Å². The molecule has 7 heteroatoms. The number of carbonyl (C=O) groups is 1. The lowest BCUT2D eigenvalue weighted by atomic mass is 10.1. The summed E-state index contributed by atoms with van der Waals surface area (Å²) in [6.45, 7) is 0.0773. The highest BCUT2D eigenvalue weighted by atomic mass is 32.2. The largest absolute Gasteiger partial charge is 0.493 e. The molecule has 1 heterocycles. The Labute approximate surface area is 111 Å². The molecule has 0 saturated heterocycles. The molecule has 1 N–H and O–H groups in total. The van der Waals surface area contributed by atoms with Crippen LogP contribution < -0.4 is 4.74 Å². The smallest absolute Gasteiger partial charge is 0.318 e. The minimum Gasteiger partial charge on any atom is -0.493 e. The lowest BCUT2D eigenvalue weighted by Gasteiger charge is -2.20. The summed E-state index contributed by atoms with van der Waals surface area (Å²) in [5.41, 5.74) is 0.844. The van der Waals surface area contributed by atoms with Gasteiger partial charge in [-0.3, -0.25) is 4.79 Å². The van der Waals surface area contributed by atoms with Crippen molar-refractivity contribution in [1.29, 1.82) is 0 Å². The van der Waals surface area contributed by atoms with E-state index >= 15 is 0 Å². The van der Waals surface area contributed by atoms with Crippen LogP contribution in [0.5, 0.6) is 5.75 Å². The lowest BCUT2D eigenvalue weighted by Crippen LogP contribution is -2.32. The molecule has 2 rings (SSSR count). The van der Waals surface area contributed by atoms with Crippen molar-refractivity contribution in [2.75, 3.05) is 20.2 Å². The summed E-state index contributed by atoms with van der Waals surface area (Å²) in [5, 5.41) is 8.66. The van der Waals surface area contributed by atoms with Gasteiger partial charge in [-0.25, -0.2) is 8.42 Å². The highest BCUT2D eigenvalue weighted by molar-refractivity contribution is 7.89. The third-order valence-corrected chi connectivity index (χ3v) is 4.75. The SMILES string of the molecule is CN(CC(=O)O)S(=O)(=O)c1ccc2c(c1)CCCO2. The average Bonchev–Trinajstić information content (AvgIpc) is 2.37. The van der Waals surface area contributed by atoms with Crippen LogP contribution in [0.3, 0.4) is 0 Å². The first-order chi connectivity index (χ1) is 8.91. The summed E-state index contributed by atoms with van der Waals surface area (Å²) >= 11 is 0. The van der Waals surface area contributed by atoms with Crippen molar-refractivity contribution >= 4 is 16.0 Å². The molecule has 1 aliphatic heterocycles. The highest BCUT2D eigenvalue weighted by Crippen LogP contribution is 2.28. The monoisotopic (exact) mass is 285 g/mol. The van der Waals surface area contributed by atoms with E-state index < -0.39 is 22.5 Å². The number of rotatable bonds is 4. The number of benzene rings is 1. The number of ether oxygens (including phenoxy) is 1. The highest BCUT2D eigenvalue weighted by Gasteiger charge is 2.24. The van der Waals surface area contributed by atoms with Crippen LogP contribution in [0.1, 0.15) is 12.0 Å². The van der Waals surface area contributed by atoms with Gasteiger partial charge >= 0.3 is 5.97 Å². The second-order valence-corrected chi connectivity index (χ2v) is 6.42. The van der Waals surface area contributed by atoms with E-state index in [4.69, 9.17) is 9.84 Å². The minimum atomic E-state index is -3.77. The molecule has 6 nitrogen and oxygen atoms in total. The Balaban J connectivity index is 2.33. The van der Waals surface area contributed by atoms with Crippen LogP contribution in [0.2, 0.25) is 0 Å². The molecule has 0 amide bonds. The van der Waals surface area contributed by atoms with Crippen LogP contribution in [0, 0.1) is 0 Å². The van der Waals surface area contributed by atoms with Gasteiger partial charge in [0.15, 0.2) is 0 Å². The van der Waals surface area contributed by atoms with E-state index in [2.05, 4.69) is 0 Å². The summed E-state index contributed by atoms with van der Waals surface area (Å²) < 4.78 is 30.6. The summed E-state index contributed by atoms with van der Waals surface area (Å²) in [7, 11) is -2.52. The number of sulfonamides is 1. The number of likely N-dealkylation sites (N-methyl/N-ethyl adjacent to an activating group) is 1. The molecule has 0 radical (unpaired) electrons. The number of hydrogen-bond acceptors (Lipinski definition) is 4. The van der Waals surface area contributed by atoms with Crippen molar-refractivity contribution in [3.8, 4) is 5.75 Å². The second-order valence-electron chi connectivity index (χ2n) is 4.38. The predicted octanol–water partition coefficient (Wildman–Crippen LogP) is 0.717. The van der Waals surface area contributed by atoms with Gasteiger partial charge in [0.2, 0.25) is 10.0 Å². The Kier molecular flexibility index (Phi) is 3.77. The summed E-state index contributed by atoms with van der Waals surface area (Å²) in [6, 6.07) is 4.62. The van der Waals surface area contributed by atoms with E-state index in [0.29, 0.717) is 12.4 Å². The minimum absolute atomic E-state index is 0.0977. The van der Waals surface area contributed by atoms with Gasteiger partial charge in [0.1, 0.15) is 12.3 Å². The molecule has 0 aromatic heterocycles. The van der Waals surface area contributed by atoms with E-state index in [0.717, 1.165) is 22.7 Å². The standard InChI is InChI=1S/C12H15NO5S/c1-13(8-12(14)15)19(16,17)10-4-5-11-9(7-10)3-2-6-18-11/h4-5,7H,2-3,6,8H2,1H3,(H,14,15). The van der Waals surface area contributed by atoms with Gasteiger partial charge in [-0.15, -0.1) is 0 Å². The molecular weight excluding hydrogens is 270 g/mol. The van der Waals surface area contributed by atoms with Crippen LogP contribution in [-0.2, 0) is 21.2 Å². The van der Waals surface area contributed by atoms with Crippen molar-refractivity contribution in [1.82, 2.24) is 4.31 Å². The molecule has 1 aromatic rings. The van der Waals surface area contributed by atoms with Crippen molar-refractivity contribution in [2.45, 2.75) is 17.7 Å². The van der Waals surface area contributed by atoms with Crippen molar-refractivity contribution < 1.29 is 23.1 Å². The molecule has 0 bridgehead atoms. The van der Waals surface area contributed by atoms with Crippen LogP contribution >= 0.6 is 0 Å². The fourth-order valence-electron chi connectivity index (χ4n) is 1.95. The normalized spacial score (nSPS) is 14.8. The van der Waals surface area contributed by atoms with Crippen LogP contribution in [0.4, 0.5) is 0 Å². The first-order valence-corrected chi connectivity index (χ1v) is 7.29. The van der Waals surface area contributed by atoms with Crippen LogP contribution in [-0.4, -0.2) is 44.0 Å². The zero-order chi connectivity index (χ0) is 14.0. The number of fused-ring (bicyclic) bond motifs is 1. The maximum Gasteiger partial charge on any atom is 0.318 e. The van der Waals surface area contributed by atoms with E-state index in [9.17, 15) is 13.2 Å². The fourth-order valence-corrected chi connectivity index (χ4v) is 3.12. The van der Waals surface area contributed by atoms with Gasteiger partial charge < -0.3 is 9.84 Å². The summed E-state index contributed by atoms with van der Waals surface area (Å²) in [6.07, 6.45) is 1.61. The number of nitrogens with zero attached hydrogens (tertiary/aromatic N) is 1. The van der Waals surface area contributed by atoms with Gasteiger partial charge in [-0.05, 0) is 36.6 Å². The van der Waals surface area contributed by atoms with Crippen molar-refractivity contribution in [3.63, 3.8) is 0 Å². The third-order valence-electron chi connectivity index (χ3n) is 2.95. The van der Waals surface area contributed by atoms with Gasteiger partial charge in [-0.1, -0.05) is 0 Å². The first kappa shape index (κ1) is 13.8. The fraction of sp³-hybridized carbons (Fsp3) is 0.417. The molecule has 0 saturated carbocycles. The summed E-state index contributed by atoms with van der Waals surface area (Å²) in [5.74, 6) is -0.488. The molecule has 0 unspecified atom stereocenters. The van der Waals surface area contributed by atoms with E-state index in [1.54, 1.807) is 12.1 Å². The van der Waals surface area contributed by atoms with Crippen LogP contribution in [0.15, 0.2) is 23.1 Å². The second kappa shape index (κ2) is 5.18. The predicted molar refractivity (Wildman–Crippen MR) is 67.7 cm³/mol. The molecule has 104 valence electrons. The molecular formula is C12H15NO5S. The molecule has 0 atom stereocenters. The number of carboxylic acids is 1. The molecule has 1 aliphatic rings. The Morgan fingerprint density at radius 1 is 1.47 bits per heavy atom. The Morgan fingerprint density at radius 2 is 2.21 bits per heavy atom. The average molecular weight is 285 g/mol. The number of hydrogen-bond donors (Lipinski definition) is 1. The van der Waals surface area contributed by atoms with Gasteiger partial charge in [-0.2, -0.15) is 4.31 Å². The molecule has 0 aliphatic carbocycles. The van der Waals surface area contributed by atoms with Crippen molar-refractivity contribution in [2.24, 2.45) is 0 Å². The Bertz CT molecular complexity index is 596. The van der Waals surface area contributed by atoms with Gasteiger partial charge in [0, 0.05) is 7.05 Å². The molecule has 1 aromatic carbocycles. The lowest BCUT2D eigenvalue weighted by molar-refractivity contribution is -0.137. The topological polar surface area (TPSA) is 83.9 Å². The quantitative estimate of drug-likeness (QED) is 0.881. The zero-order valence-corrected chi connectivity index (χ0v) is 11.3. The maximum atomic E-state index is 12.2. The Hall–Kier alpha value is -1.60. The molecule has 0 spiro atoms. The number of aryl methyl sites for hydroxylation is 1. The molecule has 0 fully saturated rings. The van der Waals surface area contributed by atoms with E-state index in [1.165, 1.54) is 13.1 Å². The number of aliphatic carboxylic acids is 1. The Morgan fingerprint density at radius 3 is 2.89 bits per heavy atom. The van der Waals surface area contributed by atoms with Gasteiger partial charge in [0.25, 0.3) is 0 Å². The zero-order valence-electron chi connectivity index (χ0n) is 10.5. The van der Waals surface area contributed by atoms with E-state index in [-0.39, 0.29) is 4.90 Å². The van der Waals surface area contributed by atoms with Gasteiger partial charge in [0.05, 0.1) is 11.5 Å². The number of carboxylic acid groups (broad SMARTS) is 1. The maximum absolute atomic E-state index is 12.2. The van der Waals surface area contributed by atoms with Crippen molar-refractivity contribution in [3.05, 3.63) is 23.8 Å². The first-order valence-electron chi connectivity index (χ1n) is 5.85. The third kappa shape index (κ3) is 2.87. The van der Waals surface area contributed by atoms with Crippen LogP contribution in [0.25, 0.3) is 0 Å². The summed E-state index contributed by atoms with van der Waals surface area (Å²) in [4.78, 5) is 10.7. The molecule has 19 heavy (non-hydrogen) atoms.